The molecule has 90 valence electrons. The molecule has 0 amide bonds. The molecule has 2 aromatic rings. The van der Waals surface area contributed by atoms with Gasteiger partial charge in [0, 0.05) is 22.9 Å². The van der Waals surface area contributed by atoms with Crippen molar-refractivity contribution in [1.29, 1.82) is 0 Å². The summed E-state index contributed by atoms with van der Waals surface area (Å²) < 4.78 is 5.15. The molecule has 0 aliphatic rings. The first kappa shape index (κ1) is 12.3. The maximum Gasteiger partial charge on any atom is 0.0713 e. The van der Waals surface area contributed by atoms with E-state index < -0.39 is 0 Å². The Kier molecular flexibility index (Phi) is 3.94. The summed E-state index contributed by atoms with van der Waals surface area (Å²) in [5.74, 6) is 0. The van der Waals surface area contributed by atoms with Gasteiger partial charge in [-0.05, 0) is 36.2 Å². The van der Waals surface area contributed by atoms with Gasteiger partial charge < -0.3 is 10.5 Å². The molecule has 1 unspecified atom stereocenters. The molecular formula is C14H17NOS. The van der Waals surface area contributed by atoms with E-state index in [4.69, 9.17) is 10.5 Å². The lowest BCUT2D eigenvalue weighted by Crippen LogP contribution is -2.01. The van der Waals surface area contributed by atoms with Crippen molar-refractivity contribution < 1.29 is 4.74 Å². The van der Waals surface area contributed by atoms with Crippen molar-refractivity contribution in [2.45, 2.75) is 19.6 Å². The molecule has 2 nitrogen and oxygen atoms in total. The fourth-order valence-corrected chi connectivity index (χ4v) is 2.69. The van der Waals surface area contributed by atoms with Gasteiger partial charge in [-0.1, -0.05) is 18.2 Å². The smallest absolute Gasteiger partial charge is 0.0713 e. The standard InChI is InChI=1S/C14H17NOS/c1-10(15)13-6-7-14(17-13)12-5-3-4-11(8-12)9-16-2/h3-8,10H,9,15H2,1-2H3. The third-order valence-corrected chi connectivity index (χ3v) is 3.93. The zero-order valence-corrected chi connectivity index (χ0v) is 11.0. The predicted octanol–water partition coefficient (Wildman–Crippen LogP) is 3.58. The highest BCUT2D eigenvalue weighted by molar-refractivity contribution is 7.15. The molecule has 1 atom stereocenters. The predicted molar refractivity (Wildman–Crippen MR) is 73.1 cm³/mol. The van der Waals surface area contributed by atoms with Crippen LogP contribution in [0.25, 0.3) is 10.4 Å². The van der Waals surface area contributed by atoms with Gasteiger partial charge >= 0.3 is 0 Å². The van der Waals surface area contributed by atoms with Crippen molar-refractivity contribution >= 4 is 11.3 Å². The van der Waals surface area contributed by atoms with E-state index >= 15 is 0 Å². The second-order valence-electron chi connectivity index (χ2n) is 4.12. The monoisotopic (exact) mass is 247 g/mol. The van der Waals surface area contributed by atoms with Crippen LogP contribution in [0.2, 0.25) is 0 Å². The molecule has 0 saturated carbocycles. The van der Waals surface area contributed by atoms with Gasteiger partial charge in [0.1, 0.15) is 0 Å². The van der Waals surface area contributed by atoms with Crippen molar-refractivity contribution in [3.63, 3.8) is 0 Å². The Morgan fingerprint density at radius 3 is 2.76 bits per heavy atom. The Labute approximate surface area is 106 Å². The summed E-state index contributed by atoms with van der Waals surface area (Å²) in [7, 11) is 1.71. The van der Waals surface area contributed by atoms with Gasteiger partial charge in [0.2, 0.25) is 0 Å². The molecule has 0 fully saturated rings. The van der Waals surface area contributed by atoms with Crippen LogP contribution in [0.3, 0.4) is 0 Å². The van der Waals surface area contributed by atoms with Crippen LogP contribution in [0.5, 0.6) is 0 Å². The summed E-state index contributed by atoms with van der Waals surface area (Å²) in [5, 5.41) is 0. The summed E-state index contributed by atoms with van der Waals surface area (Å²) in [4.78, 5) is 2.48. The van der Waals surface area contributed by atoms with Gasteiger partial charge in [0.25, 0.3) is 0 Å². The zero-order chi connectivity index (χ0) is 12.3. The van der Waals surface area contributed by atoms with Crippen molar-refractivity contribution in [3.8, 4) is 10.4 Å². The van der Waals surface area contributed by atoms with Gasteiger partial charge in [-0.15, -0.1) is 11.3 Å². The Morgan fingerprint density at radius 1 is 1.29 bits per heavy atom. The molecule has 1 aromatic heterocycles. The SMILES string of the molecule is COCc1cccc(-c2ccc(C(C)N)s2)c1. The van der Waals surface area contributed by atoms with E-state index in [1.807, 2.05) is 6.92 Å². The molecule has 2 rings (SSSR count). The molecule has 0 bridgehead atoms. The summed E-state index contributed by atoms with van der Waals surface area (Å²) in [5.41, 5.74) is 8.30. The lowest BCUT2D eigenvalue weighted by molar-refractivity contribution is 0.185. The minimum Gasteiger partial charge on any atom is -0.380 e. The molecule has 1 heterocycles. The third kappa shape index (κ3) is 2.94. The van der Waals surface area contributed by atoms with E-state index in [1.165, 1.54) is 20.9 Å². The molecular weight excluding hydrogens is 230 g/mol. The molecule has 0 aliphatic heterocycles. The van der Waals surface area contributed by atoms with Gasteiger partial charge in [-0.2, -0.15) is 0 Å². The van der Waals surface area contributed by atoms with Crippen LogP contribution in [0.1, 0.15) is 23.4 Å². The Balaban J connectivity index is 2.28. The topological polar surface area (TPSA) is 35.2 Å². The fourth-order valence-electron chi connectivity index (χ4n) is 1.73. The van der Waals surface area contributed by atoms with Gasteiger partial charge in [0.15, 0.2) is 0 Å². The van der Waals surface area contributed by atoms with Crippen molar-refractivity contribution in [1.82, 2.24) is 0 Å². The second-order valence-corrected chi connectivity index (χ2v) is 5.24. The van der Waals surface area contributed by atoms with E-state index in [1.54, 1.807) is 18.4 Å². The number of rotatable bonds is 4. The molecule has 0 saturated heterocycles. The van der Waals surface area contributed by atoms with E-state index in [0.29, 0.717) is 6.61 Å². The Morgan fingerprint density at radius 2 is 2.12 bits per heavy atom. The lowest BCUT2D eigenvalue weighted by Gasteiger charge is -2.03. The molecule has 0 radical (unpaired) electrons. The molecule has 0 spiro atoms. The average Bonchev–Trinajstić information content (AvgIpc) is 2.79. The number of ether oxygens (including phenoxy) is 1. The van der Waals surface area contributed by atoms with Gasteiger partial charge in [-0.3, -0.25) is 0 Å². The van der Waals surface area contributed by atoms with Gasteiger partial charge in [0.05, 0.1) is 6.61 Å². The van der Waals surface area contributed by atoms with Gasteiger partial charge in [-0.25, -0.2) is 0 Å². The third-order valence-electron chi connectivity index (χ3n) is 2.60. The number of methoxy groups -OCH3 is 1. The second kappa shape index (κ2) is 5.45. The highest BCUT2D eigenvalue weighted by atomic mass is 32.1. The lowest BCUT2D eigenvalue weighted by atomic mass is 10.1. The highest BCUT2D eigenvalue weighted by Crippen LogP contribution is 2.31. The number of hydrogen-bond donors (Lipinski definition) is 1. The maximum atomic E-state index is 5.87. The van der Waals surface area contributed by atoms with E-state index in [9.17, 15) is 0 Å². The van der Waals surface area contributed by atoms with Crippen LogP contribution in [0.15, 0.2) is 36.4 Å². The highest BCUT2D eigenvalue weighted by Gasteiger charge is 2.06. The minimum atomic E-state index is 0.107. The molecule has 1 aromatic carbocycles. The number of thiophene rings is 1. The summed E-state index contributed by atoms with van der Waals surface area (Å²) in [6.45, 7) is 2.66. The van der Waals surface area contributed by atoms with Crippen LogP contribution in [-0.4, -0.2) is 7.11 Å². The first-order chi connectivity index (χ1) is 8.20. The fraction of sp³-hybridized carbons (Fsp3) is 0.286. The van der Waals surface area contributed by atoms with Crippen LogP contribution >= 0.6 is 11.3 Å². The Bertz CT molecular complexity index is 490. The van der Waals surface area contributed by atoms with Crippen molar-refractivity contribution in [2.24, 2.45) is 5.73 Å². The molecule has 17 heavy (non-hydrogen) atoms. The van der Waals surface area contributed by atoms with Crippen LogP contribution in [0.4, 0.5) is 0 Å². The van der Waals surface area contributed by atoms with E-state index in [2.05, 4.69) is 36.4 Å². The van der Waals surface area contributed by atoms with Crippen molar-refractivity contribution in [3.05, 3.63) is 46.8 Å². The number of nitrogens with two attached hydrogens (primary N) is 1. The quantitative estimate of drug-likeness (QED) is 0.896. The summed E-state index contributed by atoms with van der Waals surface area (Å²) in [6, 6.07) is 12.8. The van der Waals surface area contributed by atoms with E-state index in [0.717, 1.165) is 0 Å². The largest absolute Gasteiger partial charge is 0.380 e. The van der Waals surface area contributed by atoms with Crippen molar-refractivity contribution in [2.75, 3.05) is 7.11 Å². The Hall–Kier alpha value is -1.16. The maximum absolute atomic E-state index is 5.87. The van der Waals surface area contributed by atoms with E-state index in [-0.39, 0.29) is 6.04 Å². The molecule has 3 heteroatoms. The summed E-state index contributed by atoms with van der Waals surface area (Å²) >= 11 is 1.76. The normalized spacial score (nSPS) is 12.6. The number of benzene rings is 1. The average molecular weight is 247 g/mol. The van der Waals surface area contributed by atoms with Crippen LogP contribution in [0, 0.1) is 0 Å². The summed E-state index contributed by atoms with van der Waals surface area (Å²) in [6.07, 6.45) is 0. The van der Waals surface area contributed by atoms with Crippen LogP contribution in [-0.2, 0) is 11.3 Å². The zero-order valence-electron chi connectivity index (χ0n) is 10.1. The molecule has 0 aliphatic carbocycles. The first-order valence-electron chi connectivity index (χ1n) is 5.64. The molecule has 2 N–H and O–H groups in total. The minimum absolute atomic E-state index is 0.107. The first-order valence-corrected chi connectivity index (χ1v) is 6.46. The van der Waals surface area contributed by atoms with Crippen LogP contribution < -0.4 is 5.73 Å². The number of hydrogen-bond acceptors (Lipinski definition) is 3.